The van der Waals surface area contributed by atoms with Crippen molar-refractivity contribution >= 4 is 21.6 Å². The fourth-order valence-electron chi connectivity index (χ4n) is 2.49. The van der Waals surface area contributed by atoms with Gasteiger partial charge in [0.2, 0.25) is 0 Å². The molecule has 1 aliphatic heterocycles. The maximum atomic E-state index is 9.62. The predicted octanol–water partition coefficient (Wildman–Crippen LogP) is 2.91. The molecule has 0 spiro atoms. The van der Waals surface area contributed by atoms with Gasteiger partial charge in [0.25, 0.3) is 0 Å². The number of benzene rings is 1. The van der Waals surface area contributed by atoms with Gasteiger partial charge in [-0.1, -0.05) is 28.9 Å². The lowest BCUT2D eigenvalue weighted by atomic mass is 10.0. The van der Waals surface area contributed by atoms with E-state index in [0.717, 1.165) is 49.9 Å². The van der Waals surface area contributed by atoms with Crippen LogP contribution in [-0.4, -0.2) is 30.8 Å². The summed E-state index contributed by atoms with van der Waals surface area (Å²) in [7, 11) is 0. The first-order valence-electron chi connectivity index (χ1n) is 7.13. The number of anilines is 1. The Morgan fingerprint density at radius 2 is 2.11 bits per heavy atom. The fraction of sp³-hybridized carbons (Fsp3) is 0.600. The van der Waals surface area contributed by atoms with E-state index in [1.165, 1.54) is 11.3 Å². The second-order valence-corrected chi connectivity index (χ2v) is 6.08. The number of nitrogens with zero attached hydrogens (tertiary/aromatic N) is 1. The van der Waals surface area contributed by atoms with Crippen LogP contribution in [0.5, 0.6) is 0 Å². The van der Waals surface area contributed by atoms with Gasteiger partial charge in [-0.2, -0.15) is 0 Å². The van der Waals surface area contributed by atoms with Crippen molar-refractivity contribution in [2.24, 2.45) is 0 Å². The van der Waals surface area contributed by atoms with E-state index in [4.69, 9.17) is 0 Å². The van der Waals surface area contributed by atoms with Crippen molar-refractivity contribution in [1.82, 2.24) is 5.32 Å². The van der Waals surface area contributed by atoms with Crippen molar-refractivity contribution < 1.29 is 5.11 Å². The maximum Gasteiger partial charge on any atom is 0.0574 e. The van der Waals surface area contributed by atoms with Crippen molar-refractivity contribution in [3.05, 3.63) is 28.2 Å². The molecule has 0 atom stereocenters. The standard InChI is InChI=1S/C15H23BrN2O/c1-2-7-17-11-12-3-4-13(16)10-15(12)18-8-5-14(19)6-9-18/h3-4,10,14,17,19H,2,5-9,11H2,1H3. The summed E-state index contributed by atoms with van der Waals surface area (Å²) in [5, 5.41) is 13.1. The second kappa shape index (κ2) is 7.27. The van der Waals surface area contributed by atoms with E-state index in [9.17, 15) is 5.11 Å². The van der Waals surface area contributed by atoms with Crippen molar-refractivity contribution in [1.29, 1.82) is 0 Å². The van der Waals surface area contributed by atoms with E-state index in [2.05, 4.69) is 51.3 Å². The summed E-state index contributed by atoms with van der Waals surface area (Å²) in [5.41, 5.74) is 2.64. The van der Waals surface area contributed by atoms with Gasteiger partial charge in [0.05, 0.1) is 6.10 Å². The molecular formula is C15H23BrN2O. The van der Waals surface area contributed by atoms with Crippen molar-refractivity contribution in [3.8, 4) is 0 Å². The summed E-state index contributed by atoms with van der Waals surface area (Å²) >= 11 is 3.56. The van der Waals surface area contributed by atoms with Crippen LogP contribution in [-0.2, 0) is 6.54 Å². The Labute approximate surface area is 124 Å². The van der Waals surface area contributed by atoms with Crippen LogP contribution in [0.1, 0.15) is 31.7 Å². The summed E-state index contributed by atoms with van der Waals surface area (Å²) in [4.78, 5) is 2.39. The van der Waals surface area contributed by atoms with Crippen LogP contribution in [0, 0.1) is 0 Å². The molecule has 1 aliphatic rings. The summed E-state index contributed by atoms with van der Waals surface area (Å²) in [5.74, 6) is 0. The average molecular weight is 327 g/mol. The van der Waals surface area contributed by atoms with Crippen LogP contribution in [0.15, 0.2) is 22.7 Å². The summed E-state index contributed by atoms with van der Waals surface area (Å²) in [6.45, 7) is 6.03. The molecule has 2 rings (SSSR count). The zero-order chi connectivity index (χ0) is 13.7. The fourth-order valence-corrected chi connectivity index (χ4v) is 2.84. The highest BCUT2D eigenvalue weighted by Gasteiger charge is 2.19. The molecule has 106 valence electrons. The first-order valence-corrected chi connectivity index (χ1v) is 7.92. The lowest BCUT2D eigenvalue weighted by Gasteiger charge is -2.33. The molecule has 0 saturated carbocycles. The Kier molecular flexibility index (Phi) is 5.67. The highest BCUT2D eigenvalue weighted by atomic mass is 79.9. The van der Waals surface area contributed by atoms with E-state index in [-0.39, 0.29) is 6.10 Å². The summed E-state index contributed by atoms with van der Waals surface area (Å²) in [6.07, 6.45) is 2.77. The lowest BCUT2D eigenvalue weighted by Crippen LogP contribution is -2.36. The Morgan fingerprint density at radius 1 is 1.37 bits per heavy atom. The lowest BCUT2D eigenvalue weighted by molar-refractivity contribution is 0.145. The predicted molar refractivity (Wildman–Crippen MR) is 83.6 cm³/mol. The van der Waals surface area contributed by atoms with Crippen LogP contribution >= 0.6 is 15.9 Å². The first-order chi connectivity index (χ1) is 9.20. The summed E-state index contributed by atoms with van der Waals surface area (Å²) in [6, 6.07) is 6.49. The van der Waals surface area contributed by atoms with Gasteiger partial charge in [0, 0.05) is 29.8 Å². The van der Waals surface area contributed by atoms with Crippen LogP contribution in [0.25, 0.3) is 0 Å². The van der Waals surface area contributed by atoms with Crippen LogP contribution in [0.3, 0.4) is 0 Å². The first kappa shape index (κ1) is 14.8. The minimum atomic E-state index is -0.120. The smallest absolute Gasteiger partial charge is 0.0574 e. The topological polar surface area (TPSA) is 35.5 Å². The highest BCUT2D eigenvalue weighted by Crippen LogP contribution is 2.27. The number of halogens is 1. The van der Waals surface area contributed by atoms with Gasteiger partial charge in [-0.05, 0) is 43.5 Å². The van der Waals surface area contributed by atoms with Crippen molar-refractivity contribution in [2.75, 3.05) is 24.5 Å². The number of rotatable bonds is 5. The minimum Gasteiger partial charge on any atom is -0.393 e. The van der Waals surface area contributed by atoms with Crippen molar-refractivity contribution in [3.63, 3.8) is 0 Å². The molecule has 19 heavy (non-hydrogen) atoms. The third-order valence-electron chi connectivity index (χ3n) is 3.59. The molecule has 1 heterocycles. The molecular weight excluding hydrogens is 304 g/mol. The van der Waals surface area contributed by atoms with Gasteiger partial charge < -0.3 is 15.3 Å². The zero-order valence-electron chi connectivity index (χ0n) is 11.5. The number of hydrogen-bond donors (Lipinski definition) is 2. The quantitative estimate of drug-likeness (QED) is 0.817. The van der Waals surface area contributed by atoms with E-state index in [1.807, 2.05) is 0 Å². The number of piperidine rings is 1. The minimum absolute atomic E-state index is 0.120. The Balaban J connectivity index is 2.10. The van der Waals surface area contributed by atoms with Gasteiger partial charge >= 0.3 is 0 Å². The van der Waals surface area contributed by atoms with Crippen molar-refractivity contribution in [2.45, 2.75) is 38.8 Å². The largest absolute Gasteiger partial charge is 0.393 e. The molecule has 0 aliphatic carbocycles. The number of nitrogens with one attached hydrogen (secondary N) is 1. The number of aliphatic hydroxyl groups is 1. The number of aliphatic hydroxyl groups excluding tert-OH is 1. The molecule has 0 amide bonds. The molecule has 1 aromatic rings. The summed E-state index contributed by atoms with van der Waals surface area (Å²) < 4.78 is 1.12. The Hall–Kier alpha value is -0.580. The van der Waals surface area contributed by atoms with E-state index in [1.54, 1.807) is 0 Å². The Bertz CT molecular complexity index is 403. The maximum absolute atomic E-state index is 9.62. The third kappa shape index (κ3) is 4.20. The molecule has 0 unspecified atom stereocenters. The molecule has 1 saturated heterocycles. The van der Waals surface area contributed by atoms with E-state index >= 15 is 0 Å². The molecule has 0 bridgehead atoms. The molecule has 2 N–H and O–H groups in total. The van der Waals surface area contributed by atoms with Gasteiger partial charge in [0.1, 0.15) is 0 Å². The van der Waals surface area contributed by atoms with E-state index < -0.39 is 0 Å². The monoisotopic (exact) mass is 326 g/mol. The highest BCUT2D eigenvalue weighted by molar-refractivity contribution is 9.10. The number of hydrogen-bond acceptors (Lipinski definition) is 3. The van der Waals surface area contributed by atoms with Crippen LogP contribution in [0.4, 0.5) is 5.69 Å². The zero-order valence-corrected chi connectivity index (χ0v) is 13.1. The molecule has 4 heteroatoms. The van der Waals surface area contributed by atoms with Gasteiger partial charge in [0.15, 0.2) is 0 Å². The van der Waals surface area contributed by atoms with Crippen LogP contribution in [0.2, 0.25) is 0 Å². The normalized spacial score (nSPS) is 16.9. The second-order valence-electron chi connectivity index (χ2n) is 5.17. The third-order valence-corrected chi connectivity index (χ3v) is 4.09. The van der Waals surface area contributed by atoms with Gasteiger partial charge in [-0.25, -0.2) is 0 Å². The Morgan fingerprint density at radius 3 is 2.79 bits per heavy atom. The van der Waals surface area contributed by atoms with Gasteiger partial charge in [-0.3, -0.25) is 0 Å². The molecule has 0 aromatic heterocycles. The van der Waals surface area contributed by atoms with Gasteiger partial charge in [-0.15, -0.1) is 0 Å². The molecule has 3 nitrogen and oxygen atoms in total. The van der Waals surface area contributed by atoms with Crippen LogP contribution < -0.4 is 10.2 Å². The van der Waals surface area contributed by atoms with E-state index in [0.29, 0.717) is 0 Å². The SMILES string of the molecule is CCCNCc1ccc(Br)cc1N1CCC(O)CC1. The molecule has 1 aromatic carbocycles. The molecule has 1 fully saturated rings. The average Bonchev–Trinajstić information content (AvgIpc) is 2.41. The molecule has 0 radical (unpaired) electrons.